The van der Waals surface area contributed by atoms with Crippen LogP contribution in [0, 0.1) is 13.8 Å². The van der Waals surface area contributed by atoms with E-state index >= 15 is 0 Å². The molecule has 0 aliphatic heterocycles. The SMILES string of the molecule is COCC(=O)Nc1ccc(NC(=O)c2cc(-n3c(C)ccc3C)ccc2Cl)cc1. The number of carbonyl (C=O) groups is 2. The Labute approximate surface area is 174 Å². The predicted octanol–water partition coefficient (Wildman–Crippen LogP) is 4.58. The van der Waals surface area contributed by atoms with Crippen molar-refractivity contribution >= 4 is 34.8 Å². The summed E-state index contributed by atoms with van der Waals surface area (Å²) in [6, 6.07) is 16.2. The molecule has 0 bridgehead atoms. The number of benzene rings is 2. The largest absolute Gasteiger partial charge is 0.375 e. The van der Waals surface area contributed by atoms with E-state index in [1.54, 1.807) is 36.4 Å². The molecule has 0 spiro atoms. The standard InChI is InChI=1S/C22H22ClN3O3/c1-14-4-5-15(2)26(14)18-10-11-20(23)19(12-18)22(28)25-17-8-6-16(7-9-17)24-21(27)13-29-3/h4-12H,13H2,1-3H3,(H,24,27)(H,25,28). The van der Waals surface area contributed by atoms with Crippen molar-refractivity contribution in [3.63, 3.8) is 0 Å². The van der Waals surface area contributed by atoms with Gasteiger partial charge in [0.25, 0.3) is 5.91 Å². The second-order valence-corrected chi connectivity index (χ2v) is 7.04. The van der Waals surface area contributed by atoms with Crippen LogP contribution in [0.3, 0.4) is 0 Å². The van der Waals surface area contributed by atoms with Gasteiger partial charge in [-0.3, -0.25) is 9.59 Å². The van der Waals surface area contributed by atoms with Gasteiger partial charge in [0.1, 0.15) is 6.61 Å². The number of nitrogens with zero attached hydrogens (tertiary/aromatic N) is 1. The van der Waals surface area contributed by atoms with Gasteiger partial charge < -0.3 is 19.9 Å². The highest BCUT2D eigenvalue weighted by molar-refractivity contribution is 6.34. The number of aromatic nitrogens is 1. The molecule has 2 N–H and O–H groups in total. The van der Waals surface area contributed by atoms with Crippen molar-refractivity contribution < 1.29 is 14.3 Å². The Morgan fingerprint density at radius 3 is 2.10 bits per heavy atom. The van der Waals surface area contributed by atoms with Crippen molar-refractivity contribution in [3.8, 4) is 5.69 Å². The second-order valence-electron chi connectivity index (χ2n) is 6.63. The van der Waals surface area contributed by atoms with E-state index in [1.165, 1.54) is 7.11 Å². The summed E-state index contributed by atoms with van der Waals surface area (Å²) in [5.41, 5.74) is 4.60. The zero-order valence-corrected chi connectivity index (χ0v) is 17.2. The number of ether oxygens (including phenoxy) is 1. The van der Waals surface area contributed by atoms with Crippen molar-refractivity contribution in [2.75, 3.05) is 24.4 Å². The topological polar surface area (TPSA) is 72.4 Å². The minimum atomic E-state index is -0.310. The average Bonchev–Trinajstić information content (AvgIpc) is 3.02. The Hall–Kier alpha value is -3.09. The molecule has 1 aromatic heterocycles. The van der Waals surface area contributed by atoms with Gasteiger partial charge in [0.2, 0.25) is 5.91 Å². The van der Waals surface area contributed by atoms with Crippen LogP contribution in [-0.2, 0) is 9.53 Å². The average molecular weight is 412 g/mol. The van der Waals surface area contributed by atoms with E-state index in [4.69, 9.17) is 16.3 Å². The number of halogens is 1. The first kappa shape index (κ1) is 20.6. The Balaban J connectivity index is 1.77. The van der Waals surface area contributed by atoms with Gasteiger partial charge in [-0.05, 0) is 68.4 Å². The van der Waals surface area contributed by atoms with Crippen molar-refractivity contribution in [2.24, 2.45) is 0 Å². The minimum absolute atomic E-state index is 0.0202. The van der Waals surface area contributed by atoms with Crippen LogP contribution in [0.4, 0.5) is 11.4 Å². The van der Waals surface area contributed by atoms with Crippen LogP contribution in [0.5, 0.6) is 0 Å². The maximum Gasteiger partial charge on any atom is 0.257 e. The van der Waals surface area contributed by atoms with Crippen molar-refractivity contribution in [1.82, 2.24) is 4.57 Å². The number of methoxy groups -OCH3 is 1. The summed E-state index contributed by atoms with van der Waals surface area (Å²) in [5.74, 6) is -0.557. The second kappa shape index (κ2) is 8.94. The molecule has 0 saturated heterocycles. The summed E-state index contributed by atoms with van der Waals surface area (Å²) in [5, 5.41) is 5.91. The van der Waals surface area contributed by atoms with Crippen LogP contribution in [0.2, 0.25) is 5.02 Å². The number of hydrogen-bond donors (Lipinski definition) is 2. The molecule has 3 aromatic rings. The molecule has 0 aliphatic carbocycles. The third-order valence-electron chi connectivity index (χ3n) is 4.43. The molecule has 0 atom stereocenters. The van der Waals surface area contributed by atoms with E-state index in [2.05, 4.69) is 15.2 Å². The fraction of sp³-hybridized carbons (Fsp3) is 0.182. The Morgan fingerprint density at radius 2 is 1.52 bits per heavy atom. The molecule has 1 heterocycles. The number of carbonyl (C=O) groups excluding carboxylic acids is 2. The third-order valence-corrected chi connectivity index (χ3v) is 4.76. The molecule has 150 valence electrons. The fourth-order valence-electron chi connectivity index (χ4n) is 3.07. The summed E-state index contributed by atoms with van der Waals surface area (Å²) in [6.45, 7) is 4.00. The number of aryl methyl sites for hydroxylation is 2. The molecular weight excluding hydrogens is 390 g/mol. The lowest BCUT2D eigenvalue weighted by atomic mass is 10.1. The highest BCUT2D eigenvalue weighted by Crippen LogP contribution is 2.24. The predicted molar refractivity (Wildman–Crippen MR) is 115 cm³/mol. The van der Waals surface area contributed by atoms with E-state index in [9.17, 15) is 9.59 Å². The number of nitrogens with one attached hydrogen (secondary N) is 2. The fourth-order valence-corrected chi connectivity index (χ4v) is 3.27. The first-order chi connectivity index (χ1) is 13.9. The Morgan fingerprint density at radius 1 is 0.931 bits per heavy atom. The quantitative estimate of drug-likeness (QED) is 0.623. The van der Waals surface area contributed by atoms with Crippen molar-refractivity contribution in [2.45, 2.75) is 13.8 Å². The van der Waals surface area contributed by atoms with Crippen molar-refractivity contribution in [3.05, 3.63) is 76.6 Å². The molecule has 2 aromatic carbocycles. The molecule has 0 saturated carbocycles. The van der Waals surface area contributed by atoms with Gasteiger partial charge in [-0.15, -0.1) is 0 Å². The summed E-state index contributed by atoms with van der Waals surface area (Å²) in [4.78, 5) is 24.3. The lowest BCUT2D eigenvalue weighted by Gasteiger charge is -2.13. The van der Waals surface area contributed by atoms with Crippen LogP contribution < -0.4 is 10.6 Å². The van der Waals surface area contributed by atoms with E-state index in [1.807, 2.05) is 32.0 Å². The smallest absolute Gasteiger partial charge is 0.257 e. The van der Waals surface area contributed by atoms with Gasteiger partial charge in [0.15, 0.2) is 0 Å². The number of rotatable bonds is 6. The zero-order valence-electron chi connectivity index (χ0n) is 16.5. The molecule has 7 heteroatoms. The molecule has 0 unspecified atom stereocenters. The minimum Gasteiger partial charge on any atom is -0.375 e. The van der Waals surface area contributed by atoms with Gasteiger partial charge in [0, 0.05) is 35.6 Å². The number of anilines is 2. The number of hydrogen-bond acceptors (Lipinski definition) is 3. The van der Waals surface area contributed by atoms with Gasteiger partial charge in [-0.1, -0.05) is 11.6 Å². The molecule has 6 nitrogen and oxygen atoms in total. The lowest BCUT2D eigenvalue weighted by Crippen LogP contribution is -2.17. The van der Waals surface area contributed by atoms with Gasteiger partial charge in [-0.25, -0.2) is 0 Å². The summed E-state index contributed by atoms with van der Waals surface area (Å²) in [6.07, 6.45) is 0. The Kier molecular flexibility index (Phi) is 6.36. The molecule has 2 amide bonds. The van der Waals surface area contributed by atoms with E-state index in [0.717, 1.165) is 17.1 Å². The summed E-state index contributed by atoms with van der Waals surface area (Å²) in [7, 11) is 1.46. The summed E-state index contributed by atoms with van der Waals surface area (Å²) >= 11 is 6.28. The normalized spacial score (nSPS) is 10.6. The maximum atomic E-state index is 12.8. The first-order valence-electron chi connectivity index (χ1n) is 9.04. The van der Waals surface area contributed by atoms with Gasteiger partial charge >= 0.3 is 0 Å². The molecule has 3 rings (SSSR count). The molecular formula is C22H22ClN3O3. The van der Waals surface area contributed by atoms with Crippen LogP contribution in [0.15, 0.2) is 54.6 Å². The molecule has 29 heavy (non-hydrogen) atoms. The van der Waals surface area contributed by atoms with E-state index in [-0.39, 0.29) is 18.4 Å². The number of amides is 2. The monoisotopic (exact) mass is 411 g/mol. The van der Waals surface area contributed by atoms with Crippen LogP contribution in [-0.4, -0.2) is 30.1 Å². The third kappa shape index (κ3) is 4.85. The van der Waals surface area contributed by atoms with Crippen molar-refractivity contribution in [1.29, 1.82) is 0 Å². The first-order valence-corrected chi connectivity index (χ1v) is 9.42. The highest BCUT2D eigenvalue weighted by Gasteiger charge is 2.14. The zero-order chi connectivity index (χ0) is 21.0. The van der Waals surface area contributed by atoms with Gasteiger partial charge in [0.05, 0.1) is 10.6 Å². The van der Waals surface area contributed by atoms with Crippen LogP contribution in [0.25, 0.3) is 5.69 Å². The summed E-state index contributed by atoms with van der Waals surface area (Å²) < 4.78 is 6.84. The van der Waals surface area contributed by atoms with Crippen LogP contribution in [0.1, 0.15) is 21.7 Å². The van der Waals surface area contributed by atoms with Gasteiger partial charge in [-0.2, -0.15) is 0 Å². The maximum absolute atomic E-state index is 12.8. The highest BCUT2D eigenvalue weighted by atomic mass is 35.5. The van der Waals surface area contributed by atoms with Crippen LogP contribution >= 0.6 is 11.6 Å². The Bertz CT molecular complexity index is 1020. The molecule has 0 fully saturated rings. The molecule has 0 radical (unpaired) electrons. The van der Waals surface area contributed by atoms with E-state index < -0.39 is 0 Å². The molecule has 0 aliphatic rings. The van der Waals surface area contributed by atoms with E-state index in [0.29, 0.717) is 22.0 Å². The lowest BCUT2D eigenvalue weighted by molar-refractivity contribution is -0.119.